The molecule has 36 heavy (non-hydrogen) atoms. The lowest BCUT2D eigenvalue weighted by Gasteiger charge is -2.38. The van der Waals surface area contributed by atoms with E-state index in [2.05, 4.69) is 0 Å². The van der Waals surface area contributed by atoms with Crippen LogP contribution in [0.5, 0.6) is 0 Å². The van der Waals surface area contributed by atoms with Crippen LogP contribution in [-0.2, 0) is 30.4 Å². The van der Waals surface area contributed by atoms with Gasteiger partial charge in [-0.1, -0.05) is 61.6 Å². The Labute approximate surface area is 211 Å². The van der Waals surface area contributed by atoms with Crippen LogP contribution in [0.2, 0.25) is 0 Å². The molecule has 8 heteroatoms. The number of nitrogens with zero attached hydrogens (tertiary/aromatic N) is 2. The van der Waals surface area contributed by atoms with E-state index in [1.807, 2.05) is 61.6 Å². The first-order valence-corrected chi connectivity index (χ1v) is 12.9. The number of esters is 1. The number of ether oxygens (including phenoxy) is 2. The molecule has 2 amide bonds. The lowest BCUT2D eigenvalue weighted by Crippen LogP contribution is -2.56. The molecular formula is C28H34N2O6. The lowest BCUT2D eigenvalue weighted by atomic mass is 9.73. The van der Waals surface area contributed by atoms with Crippen LogP contribution in [0.1, 0.15) is 38.2 Å². The van der Waals surface area contributed by atoms with Crippen LogP contribution in [-0.4, -0.2) is 76.2 Å². The molecule has 5 atom stereocenters. The third-order valence-corrected chi connectivity index (χ3v) is 8.02. The SMILES string of the molecule is CC[C@]12/C=C\CCCCOC(=O)[C@H]1[C@H]1C(=O)N(CCO)C3C(=O)N(Cc4ccccc4)CC=C[C@@]31O2. The van der Waals surface area contributed by atoms with E-state index in [-0.39, 0.29) is 25.0 Å². The maximum atomic E-state index is 14.1. The van der Waals surface area contributed by atoms with Gasteiger partial charge in [0.1, 0.15) is 23.2 Å². The number of aliphatic hydroxyl groups excluding tert-OH is 1. The molecule has 1 spiro atoms. The molecule has 0 bridgehead atoms. The zero-order valence-corrected chi connectivity index (χ0v) is 20.7. The Morgan fingerprint density at radius 3 is 2.58 bits per heavy atom. The van der Waals surface area contributed by atoms with Crippen LogP contribution in [0, 0.1) is 11.8 Å². The number of carbonyl (C=O) groups is 3. The van der Waals surface area contributed by atoms with E-state index in [1.165, 1.54) is 4.90 Å². The predicted octanol–water partition coefficient (Wildman–Crippen LogP) is 2.22. The Kier molecular flexibility index (Phi) is 6.74. The number of hydrogen-bond acceptors (Lipinski definition) is 6. The van der Waals surface area contributed by atoms with Crippen molar-refractivity contribution in [3.05, 3.63) is 60.2 Å². The molecule has 1 aromatic carbocycles. The van der Waals surface area contributed by atoms with E-state index >= 15 is 0 Å². The lowest BCUT2D eigenvalue weighted by molar-refractivity contribution is -0.161. The van der Waals surface area contributed by atoms with Gasteiger partial charge in [-0.15, -0.1) is 0 Å². The summed E-state index contributed by atoms with van der Waals surface area (Å²) in [6.07, 6.45) is 10.6. The Hall–Kier alpha value is -2.97. The van der Waals surface area contributed by atoms with Crippen molar-refractivity contribution < 1.29 is 29.0 Å². The molecule has 0 aliphatic carbocycles. The molecule has 0 saturated carbocycles. The average Bonchev–Trinajstić information content (AvgIpc) is 3.24. The molecule has 2 saturated heterocycles. The van der Waals surface area contributed by atoms with Gasteiger partial charge in [0.05, 0.1) is 19.1 Å². The topological polar surface area (TPSA) is 96.4 Å². The van der Waals surface area contributed by atoms with Crippen LogP contribution in [0.4, 0.5) is 0 Å². The Balaban J connectivity index is 1.61. The zero-order valence-electron chi connectivity index (χ0n) is 20.7. The van der Waals surface area contributed by atoms with Gasteiger partial charge in [-0.2, -0.15) is 0 Å². The van der Waals surface area contributed by atoms with Crippen molar-refractivity contribution in [2.24, 2.45) is 11.8 Å². The number of cyclic esters (lactones) is 1. The second-order valence-corrected chi connectivity index (χ2v) is 10.0. The van der Waals surface area contributed by atoms with Gasteiger partial charge in [-0.25, -0.2) is 0 Å². The smallest absolute Gasteiger partial charge is 0.313 e. The van der Waals surface area contributed by atoms with E-state index < -0.39 is 35.0 Å². The maximum Gasteiger partial charge on any atom is 0.313 e. The average molecular weight is 495 g/mol. The molecule has 1 aromatic rings. The van der Waals surface area contributed by atoms with E-state index in [4.69, 9.17) is 9.47 Å². The fraction of sp³-hybridized carbons (Fsp3) is 0.536. The summed E-state index contributed by atoms with van der Waals surface area (Å²) >= 11 is 0. The largest absolute Gasteiger partial charge is 0.465 e. The van der Waals surface area contributed by atoms with Crippen molar-refractivity contribution in [1.82, 2.24) is 9.80 Å². The number of hydrogen-bond donors (Lipinski definition) is 1. The van der Waals surface area contributed by atoms with Crippen LogP contribution in [0.25, 0.3) is 0 Å². The summed E-state index contributed by atoms with van der Waals surface area (Å²) in [7, 11) is 0. The second kappa shape index (κ2) is 9.82. The quantitative estimate of drug-likeness (QED) is 0.498. The second-order valence-electron chi connectivity index (χ2n) is 10.0. The summed E-state index contributed by atoms with van der Waals surface area (Å²) in [5, 5.41) is 9.80. The van der Waals surface area contributed by atoms with Gasteiger partial charge in [0, 0.05) is 19.6 Å². The highest BCUT2D eigenvalue weighted by molar-refractivity contribution is 5.99. The third-order valence-electron chi connectivity index (χ3n) is 8.02. The fourth-order valence-electron chi connectivity index (χ4n) is 6.38. The zero-order chi connectivity index (χ0) is 25.3. The molecule has 5 rings (SSSR count). The molecule has 4 aliphatic heterocycles. The minimum absolute atomic E-state index is 0.0133. The van der Waals surface area contributed by atoms with Crippen molar-refractivity contribution in [2.75, 3.05) is 26.3 Å². The summed E-state index contributed by atoms with van der Waals surface area (Å²) in [6, 6.07) is 8.70. The molecule has 8 nitrogen and oxygen atoms in total. The van der Waals surface area contributed by atoms with Gasteiger partial charge >= 0.3 is 5.97 Å². The molecule has 0 aromatic heterocycles. The molecule has 1 unspecified atom stereocenters. The molecular weight excluding hydrogens is 460 g/mol. The standard InChI is InChI=1S/C28H34N2O6/c1-2-27-13-8-3-4-9-18-35-26(34)22(27)21-24(32)30(16-17-31)23-25(33)29(15-10-14-28(21,23)36-27)19-20-11-6-5-7-12-20/h5-8,10-14,21-23,31H,2-4,9,15-19H2,1H3/b13-8-/t21-,22+,23?,27-,28-/m0/s1. The number of benzene rings is 1. The predicted molar refractivity (Wildman–Crippen MR) is 131 cm³/mol. The van der Waals surface area contributed by atoms with Crippen LogP contribution < -0.4 is 0 Å². The first kappa shape index (κ1) is 24.7. The number of β-amino-alcohol motifs (C(OH)–C–C–N with tert-alkyl or cyclic N) is 1. The number of allylic oxidation sites excluding steroid dienone is 1. The van der Waals surface area contributed by atoms with Crippen LogP contribution in [0.3, 0.4) is 0 Å². The van der Waals surface area contributed by atoms with Crippen molar-refractivity contribution in [2.45, 2.75) is 56.4 Å². The van der Waals surface area contributed by atoms with Gasteiger partial charge in [-0.05, 0) is 31.2 Å². The molecule has 4 aliphatic rings. The molecule has 0 radical (unpaired) electrons. The normalized spacial score (nSPS) is 35.1. The summed E-state index contributed by atoms with van der Waals surface area (Å²) in [5.74, 6) is -2.86. The van der Waals surface area contributed by atoms with Crippen molar-refractivity contribution >= 4 is 17.8 Å². The minimum Gasteiger partial charge on any atom is -0.465 e. The van der Waals surface area contributed by atoms with Gasteiger partial charge in [-0.3, -0.25) is 14.4 Å². The summed E-state index contributed by atoms with van der Waals surface area (Å²) < 4.78 is 12.5. The van der Waals surface area contributed by atoms with E-state index in [0.29, 0.717) is 26.1 Å². The number of likely N-dealkylation sites (tertiary alicyclic amines) is 1. The number of fused-ring (bicyclic) bond motifs is 2. The maximum absolute atomic E-state index is 14.1. The molecule has 192 valence electrons. The molecule has 2 fully saturated rings. The Morgan fingerprint density at radius 1 is 1.03 bits per heavy atom. The highest BCUT2D eigenvalue weighted by Gasteiger charge is 2.75. The number of amides is 2. The van der Waals surface area contributed by atoms with Crippen LogP contribution in [0.15, 0.2) is 54.6 Å². The van der Waals surface area contributed by atoms with Crippen LogP contribution >= 0.6 is 0 Å². The Morgan fingerprint density at radius 2 is 1.83 bits per heavy atom. The van der Waals surface area contributed by atoms with Gasteiger partial charge < -0.3 is 24.4 Å². The summed E-state index contributed by atoms with van der Waals surface area (Å²) in [5.41, 5.74) is -1.41. The highest BCUT2D eigenvalue weighted by Crippen LogP contribution is 2.58. The third kappa shape index (κ3) is 3.87. The first-order chi connectivity index (χ1) is 17.5. The van der Waals surface area contributed by atoms with Crippen molar-refractivity contribution in [3.8, 4) is 0 Å². The summed E-state index contributed by atoms with van der Waals surface area (Å²) in [6.45, 7) is 2.65. The Bertz CT molecular complexity index is 1070. The fourth-order valence-corrected chi connectivity index (χ4v) is 6.38. The molecule has 1 N–H and O–H groups in total. The molecule has 4 heterocycles. The van der Waals surface area contributed by atoms with E-state index in [0.717, 1.165) is 24.8 Å². The van der Waals surface area contributed by atoms with Gasteiger partial charge in [0.2, 0.25) is 11.8 Å². The summed E-state index contributed by atoms with van der Waals surface area (Å²) in [4.78, 5) is 44.7. The van der Waals surface area contributed by atoms with E-state index in [9.17, 15) is 19.5 Å². The monoisotopic (exact) mass is 494 g/mol. The highest BCUT2D eigenvalue weighted by atomic mass is 16.6. The number of rotatable bonds is 5. The minimum atomic E-state index is -1.33. The van der Waals surface area contributed by atoms with Gasteiger partial charge in [0.25, 0.3) is 0 Å². The van der Waals surface area contributed by atoms with Crippen molar-refractivity contribution in [1.29, 1.82) is 0 Å². The number of aliphatic hydroxyl groups is 1. The van der Waals surface area contributed by atoms with Gasteiger partial charge in [0.15, 0.2) is 0 Å². The van der Waals surface area contributed by atoms with Crippen molar-refractivity contribution in [3.63, 3.8) is 0 Å². The first-order valence-electron chi connectivity index (χ1n) is 12.9. The van der Waals surface area contributed by atoms with E-state index in [1.54, 1.807) is 4.90 Å². The number of carbonyl (C=O) groups excluding carboxylic acids is 3.